The molecule has 0 saturated heterocycles. The first-order valence-electron chi connectivity index (χ1n) is 11.1. The average Bonchev–Trinajstić information content (AvgIpc) is 2.85. The van der Waals surface area contributed by atoms with Crippen LogP contribution in [0.2, 0.25) is 5.02 Å². The van der Waals surface area contributed by atoms with Gasteiger partial charge in [-0.15, -0.1) is 0 Å². The number of amides is 1. The van der Waals surface area contributed by atoms with Crippen molar-refractivity contribution in [2.75, 3.05) is 30.3 Å². The molecule has 6 nitrogen and oxygen atoms in total. The molecular formula is C26H29ClN2O4S2. The van der Waals surface area contributed by atoms with Crippen LogP contribution < -0.4 is 14.4 Å². The lowest BCUT2D eigenvalue weighted by Crippen LogP contribution is -2.41. The molecule has 0 saturated carbocycles. The maximum atomic E-state index is 13.5. The Hall–Kier alpha value is -2.68. The van der Waals surface area contributed by atoms with E-state index in [9.17, 15) is 13.2 Å². The highest BCUT2D eigenvalue weighted by Crippen LogP contribution is 2.32. The lowest BCUT2D eigenvalue weighted by Gasteiger charge is -2.25. The molecule has 3 aromatic rings. The van der Waals surface area contributed by atoms with Gasteiger partial charge in [-0.05, 0) is 61.1 Å². The molecule has 0 aromatic heterocycles. The van der Waals surface area contributed by atoms with Crippen molar-refractivity contribution < 1.29 is 17.9 Å². The Balaban J connectivity index is 1.63. The number of hydrogen-bond acceptors (Lipinski definition) is 5. The van der Waals surface area contributed by atoms with Crippen LogP contribution in [0, 0.1) is 6.92 Å². The van der Waals surface area contributed by atoms with E-state index in [4.69, 9.17) is 16.3 Å². The second-order valence-electron chi connectivity index (χ2n) is 7.88. The van der Waals surface area contributed by atoms with Crippen molar-refractivity contribution >= 4 is 45.0 Å². The minimum atomic E-state index is -3.99. The molecule has 3 rings (SSSR count). The summed E-state index contributed by atoms with van der Waals surface area (Å²) in [5, 5.41) is 3.56. The summed E-state index contributed by atoms with van der Waals surface area (Å²) in [5.41, 5.74) is 2.40. The highest BCUT2D eigenvalue weighted by molar-refractivity contribution is 7.98. The van der Waals surface area contributed by atoms with Gasteiger partial charge in [-0.3, -0.25) is 9.10 Å². The molecule has 186 valence electrons. The number of nitrogens with zero attached hydrogens (tertiary/aromatic N) is 1. The number of aryl methyl sites for hydroxylation is 1. The number of para-hydroxylation sites is 2. The van der Waals surface area contributed by atoms with E-state index in [1.54, 1.807) is 60.3 Å². The number of ether oxygens (including phenoxy) is 1. The zero-order chi connectivity index (χ0) is 25.3. The average molecular weight is 533 g/mol. The van der Waals surface area contributed by atoms with Gasteiger partial charge >= 0.3 is 0 Å². The molecular weight excluding hydrogens is 504 g/mol. The molecule has 1 amide bonds. The van der Waals surface area contributed by atoms with Gasteiger partial charge in [0.25, 0.3) is 10.0 Å². The summed E-state index contributed by atoms with van der Waals surface area (Å²) in [6.07, 6.45) is 0.760. The smallest absolute Gasteiger partial charge is 0.264 e. The van der Waals surface area contributed by atoms with Gasteiger partial charge in [0.2, 0.25) is 5.91 Å². The van der Waals surface area contributed by atoms with Crippen molar-refractivity contribution in [1.82, 2.24) is 5.32 Å². The third-order valence-electron chi connectivity index (χ3n) is 5.20. The quantitative estimate of drug-likeness (QED) is 0.321. The minimum absolute atomic E-state index is 0.110. The summed E-state index contributed by atoms with van der Waals surface area (Å²) < 4.78 is 33.5. The van der Waals surface area contributed by atoms with Crippen LogP contribution in [0.3, 0.4) is 0 Å². The summed E-state index contributed by atoms with van der Waals surface area (Å²) in [7, 11) is -2.53. The van der Waals surface area contributed by atoms with Crippen LogP contribution in [0.1, 0.15) is 17.5 Å². The Morgan fingerprint density at radius 1 is 1.06 bits per heavy atom. The highest BCUT2D eigenvalue weighted by atomic mass is 35.5. The van der Waals surface area contributed by atoms with Gasteiger partial charge in [0.1, 0.15) is 12.3 Å². The number of hydrogen-bond donors (Lipinski definition) is 1. The number of benzene rings is 3. The predicted molar refractivity (Wildman–Crippen MR) is 144 cm³/mol. The van der Waals surface area contributed by atoms with E-state index >= 15 is 0 Å². The summed E-state index contributed by atoms with van der Waals surface area (Å²) in [6.45, 7) is 1.98. The number of nitrogens with one attached hydrogen (secondary N) is 1. The Bertz CT molecular complexity index is 1230. The number of rotatable bonds is 12. The topological polar surface area (TPSA) is 75.7 Å². The van der Waals surface area contributed by atoms with Gasteiger partial charge in [0.05, 0.1) is 17.7 Å². The van der Waals surface area contributed by atoms with Gasteiger partial charge in [-0.1, -0.05) is 53.6 Å². The zero-order valence-electron chi connectivity index (χ0n) is 19.7. The molecule has 9 heteroatoms. The summed E-state index contributed by atoms with van der Waals surface area (Å²) in [5.74, 6) is 1.68. The molecule has 0 aliphatic carbocycles. The van der Waals surface area contributed by atoms with Crippen LogP contribution in [-0.4, -0.2) is 40.3 Å². The Morgan fingerprint density at radius 2 is 1.80 bits per heavy atom. The van der Waals surface area contributed by atoms with Gasteiger partial charge in [0, 0.05) is 17.3 Å². The monoisotopic (exact) mass is 532 g/mol. The van der Waals surface area contributed by atoms with Crippen LogP contribution in [-0.2, 0) is 20.6 Å². The molecule has 0 aliphatic heterocycles. The molecule has 0 aliphatic rings. The Labute approximate surface area is 216 Å². The van der Waals surface area contributed by atoms with E-state index in [1.807, 2.05) is 31.2 Å². The summed E-state index contributed by atoms with van der Waals surface area (Å²) in [4.78, 5) is 12.9. The fourth-order valence-corrected chi connectivity index (χ4v) is 5.93. The van der Waals surface area contributed by atoms with E-state index in [0.29, 0.717) is 18.0 Å². The first-order valence-corrected chi connectivity index (χ1v) is 14.1. The number of anilines is 1. The van der Waals surface area contributed by atoms with Crippen molar-refractivity contribution in [3.05, 3.63) is 88.9 Å². The fraction of sp³-hybridized carbons (Fsp3) is 0.269. The number of thioether (sulfide) groups is 1. The molecule has 0 spiro atoms. The van der Waals surface area contributed by atoms with Crippen LogP contribution in [0.15, 0.2) is 77.7 Å². The van der Waals surface area contributed by atoms with Crippen molar-refractivity contribution in [2.24, 2.45) is 0 Å². The number of carbonyl (C=O) groups excluding carboxylic acids is 1. The summed E-state index contributed by atoms with van der Waals surface area (Å²) >= 11 is 7.77. The molecule has 0 unspecified atom stereocenters. The standard InChI is InChI=1S/C26H29ClN2O4S2/c1-20-11-13-23(14-12-20)35(31,32)29(24-9-3-4-10-25(24)33-2)18-26(30)28-15-6-16-34-19-21-7-5-8-22(27)17-21/h3-5,7-14,17H,6,15-16,18-19H2,1-2H3,(H,28,30). The van der Waals surface area contributed by atoms with E-state index in [1.165, 1.54) is 7.11 Å². The number of carbonyl (C=O) groups is 1. The van der Waals surface area contributed by atoms with Crippen LogP contribution in [0.4, 0.5) is 5.69 Å². The first kappa shape index (κ1) is 26.9. The molecule has 0 fully saturated rings. The first-order chi connectivity index (χ1) is 16.8. The Morgan fingerprint density at radius 3 is 2.51 bits per heavy atom. The van der Waals surface area contributed by atoms with Crippen LogP contribution in [0.5, 0.6) is 5.75 Å². The third kappa shape index (κ3) is 7.65. The van der Waals surface area contributed by atoms with E-state index in [2.05, 4.69) is 5.32 Å². The van der Waals surface area contributed by atoms with E-state index in [-0.39, 0.29) is 17.3 Å². The molecule has 0 bridgehead atoms. The van der Waals surface area contributed by atoms with Gasteiger partial charge in [0.15, 0.2) is 0 Å². The van der Waals surface area contributed by atoms with E-state index < -0.39 is 10.0 Å². The van der Waals surface area contributed by atoms with E-state index in [0.717, 1.165) is 38.4 Å². The normalized spacial score (nSPS) is 11.2. The Kier molecular flexibility index (Phi) is 9.89. The van der Waals surface area contributed by atoms with Gasteiger partial charge < -0.3 is 10.1 Å². The van der Waals surface area contributed by atoms with Gasteiger partial charge in [-0.25, -0.2) is 8.42 Å². The predicted octanol–water partition coefficient (Wildman–Crippen LogP) is 5.29. The van der Waals surface area contributed by atoms with Crippen molar-refractivity contribution in [3.63, 3.8) is 0 Å². The zero-order valence-corrected chi connectivity index (χ0v) is 22.1. The lowest BCUT2D eigenvalue weighted by molar-refractivity contribution is -0.119. The largest absolute Gasteiger partial charge is 0.495 e. The maximum absolute atomic E-state index is 13.5. The lowest BCUT2D eigenvalue weighted by atomic mass is 10.2. The summed E-state index contributed by atoms with van der Waals surface area (Å²) in [6, 6.07) is 21.1. The maximum Gasteiger partial charge on any atom is 0.264 e. The second-order valence-corrected chi connectivity index (χ2v) is 11.3. The third-order valence-corrected chi connectivity index (χ3v) is 8.32. The fourth-order valence-electron chi connectivity index (χ4n) is 3.38. The molecule has 0 atom stereocenters. The second kappa shape index (κ2) is 12.9. The molecule has 0 radical (unpaired) electrons. The molecule has 1 N–H and O–H groups in total. The van der Waals surface area contributed by atoms with Gasteiger partial charge in [-0.2, -0.15) is 11.8 Å². The van der Waals surface area contributed by atoms with Crippen LogP contribution >= 0.6 is 23.4 Å². The minimum Gasteiger partial charge on any atom is -0.495 e. The molecule has 0 heterocycles. The van der Waals surface area contributed by atoms with Crippen molar-refractivity contribution in [3.8, 4) is 5.75 Å². The SMILES string of the molecule is COc1ccccc1N(CC(=O)NCCCSCc1cccc(Cl)c1)S(=O)(=O)c1ccc(C)cc1. The van der Waals surface area contributed by atoms with Crippen molar-refractivity contribution in [1.29, 1.82) is 0 Å². The van der Waals surface area contributed by atoms with Crippen LogP contribution in [0.25, 0.3) is 0 Å². The molecule has 35 heavy (non-hydrogen) atoms. The number of methoxy groups -OCH3 is 1. The number of halogens is 1. The molecule has 3 aromatic carbocycles. The van der Waals surface area contributed by atoms with Crippen molar-refractivity contribution in [2.45, 2.75) is 24.0 Å². The number of sulfonamides is 1. The highest BCUT2D eigenvalue weighted by Gasteiger charge is 2.29.